The zero-order valence-electron chi connectivity index (χ0n) is 11.8. The number of hydrogen-bond acceptors (Lipinski definition) is 2. The summed E-state index contributed by atoms with van der Waals surface area (Å²) in [4.78, 5) is 0. The second-order valence-electron chi connectivity index (χ2n) is 5.65. The number of halogens is 2. The lowest BCUT2D eigenvalue weighted by molar-refractivity contribution is 0.541. The van der Waals surface area contributed by atoms with E-state index in [0.717, 1.165) is 0 Å². The van der Waals surface area contributed by atoms with Crippen LogP contribution >= 0.6 is 0 Å². The maximum Gasteiger partial charge on any atom is 0.144 e. The number of hydrogen-bond donors (Lipinski definition) is 0. The van der Waals surface area contributed by atoms with Crippen molar-refractivity contribution < 1.29 is 13.3 Å². The van der Waals surface area contributed by atoms with Gasteiger partial charge in [0, 0.05) is 11.1 Å². The van der Waals surface area contributed by atoms with E-state index >= 15 is 0 Å². The molecule has 106 valence electrons. The SMILES string of the molecule is CC(C)c1c(F)cc(C=N[S+]([O-])C(C)(C)C)cc1F. The Morgan fingerprint density at radius 3 is 2.05 bits per heavy atom. The zero-order valence-corrected chi connectivity index (χ0v) is 12.6. The summed E-state index contributed by atoms with van der Waals surface area (Å²) < 4.78 is 42.5. The van der Waals surface area contributed by atoms with Crippen LogP contribution in [0.25, 0.3) is 0 Å². The monoisotopic (exact) mass is 287 g/mol. The molecule has 0 heterocycles. The molecule has 0 amide bonds. The minimum absolute atomic E-state index is 0.0640. The van der Waals surface area contributed by atoms with Crippen LogP contribution in [0.15, 0.2) is 16.5 Å². The molecule has 0 bridgehead atoms. The summed E-state index contributed by atoms with van der Waals surface area (Å²) in [6, 6.07) is 2.42. The Labute approximate surface area is 116 Å². The van der Waals surface area contributed by atoms with Gasteiger partial charge in [0.05, 0.1) is 6.21 Å². The Morgan fingerprint density at radius 1 is 1.21 bits per heavy atom. The van der Waals surface area contributed by atoms with Gasteiger partial charge in [-0.1, -0.05) is 18.2 Å². The molecule has 0 aromatic heterocycles. The van der Waals surface area contributed by atoms with Crippen molar-refractivity contribution in [2.45, 2.75) is 45.3 Å². The Kier molecular flexibility index (Phi) is 5.10. The molecule has 1 rings (SSSR count). The van der Waals surface area contributed by atoms with E-state index in [-0.39, 0.29) is 17.0 Å². The third-order valence-electron chi connectivity index (χ3n) is 2.50. The van der Waals surface area contributed by atoms with Crippen molar-refractivity contribution in [3.8, 4) is 0 Å². The van der Waals surface area contributed by atoms with Crippen molar-refractivity contribution >= 4 is 17.6 Å². The van der Waals surface area contributed by atoms with Gasteiger partial charge in [-0.05, 0) is 38.8 Å². The van der Waals surface area contributed by atoms with E-state index in [1.807, 2.05) is 0 Å². The average Bonchev–Trinajstić information content (AvgIpc) is 2.22. The topological polar surface area (TPSA) is 35.4 Å². The highest BCUT2D eigenvalue weighted by Gasteiger charge is 2.25. The van der Waals surface area contributed by atoms with Crippen molar-refractivity contribution in [3.63, 3.8) is 0 Å². The minimum Gasteiger partial charge on any atom is -0.591 e. The van der Waals surface area contributed by atoms with Gasteiger partial charge in [0.2, 0.25) is 0 Å². The molecule has 1 unspecified atom stereocenters. The third-order valence-corrected chi connectivity index (χ3v) is 3.84. The van der Waals surface area contributed by atoms with Gasteiger partial charge in [-0.15, -0.1) is 0 Å². The first kappa shape index (κ1) is 16.1. The highest BCUT2D eigenvalue weighted by atomic mass is 32.2. The fourth-order valence-electron chi connectivity index (χ4n) is 1.50. The average molecular weight is 287 g/mol. The third kappa shape index (κ3) is 4.28. The molecule has 0 N–H and O–H groups in total. The number of nitrogens with zero attached hydrogens (tertiary/aromatic N) is 1. The van der Waals surface area contributed by atoms with E-state index in [9.17, 15) is 13.3 Å². The van der Waals surface area contributed by atoms with Gasteiger partial charge in [0.1, 0.15) is 27.7 Å². The molecular weight excluding hydrogens is 268 g/mol. The normalized spacial score (nSPS) is 14.4. The second-order valence-corrected chi connectivity index (χ2v) is 7.58. The van der Waals surface area contributed by atoms with Gasteiger partial charge in [-0.3, -0.25) is 0 Å². The maximum atomic E-state index is 13.7. The van der Waals surface area contributed by atoms with Crippen molar-refractivity contribution in [1.82, 2.24) is 0 Å². The molecular formula is C14H19F2NOS. The molecule has 1 aromatic rings. The first-order valence-corrected chi connectivity index (χ1v) is 7.18. The van der Waals surface area contributed by atoms with Crippen LogP contribution in [0.3, 0.4) is 0 Å². The highest BCUT2D eigenvalue weighted by Crippen LogP contribution is 2.23. The molecule has 2 nitrogen and oxygen atoms in total. The van der Waals surface area contributed by atoms with Crippen LogP contribution in [0.4, 0.5) is 8.78 Å². The number of benzene rings is 1. The maximum absolute atomic E-state index is 13.7. The second kappa shape index (κ2) is 6.01. The minimum atomic E-state index is -1.44. The summed E-state index contributed by atoms with van der Waals surface area (Å²) in [5, 5.41) is 0. The van der Waals surface area contributed by atoms with E-state index in [1.165, 1.54) is 18.3 Å². The fourth-order valence-corrected chi connectivity index (χ4v) is 2.03. The van der Waals surface area contributed by atoms with E-state index in [2.05, 4.69) is 4.40 Å². The molecule has 0 saturated carbocycles. The largest absolute Gasteiger partial charge is 0.591 e. The lowest BCUT2D eigenvalue weighted by Crippen LogP contribution is -2.25. The summed E-state index contributed by atoms with van der Waals surface area (Å²) >= 11 is -1.44. The van der Waals surface area contributed by atoms with Crippen molar-refractivity contribution in [2.24, 2.45) is 4.40 Å². The summed E-state index contributed by atoms with van der Waals surface area (Å²) in [7, 11) is 0. The molecule has 1 atom stereocenters. The first-order valence-electron chi connectivity index (χ1n) is 6.08. The molecule has 5 heteroatoms. The van der Waals surface area contributed by atoms with Crippen LogP contribution in [0.5, 0.6) is 0 Å². The summed E-state index contributed by atoms with van der Waals surface area (Å²) in [6.45, 7) is 8.80. The van der Waals surface area contributed by atoms with Gasteiger partial charge in [0.15, 0.2) is 0 Å². The van der Waals surface area contributed by atoms with Gasteiger partial charge in [-0.25, -0.2) is 8.78 Å². The Hall–Kier alpha value is -0.940. The Balaban J connectivity index is 3.02. The molecule has 0 spiro atoms. The highest BCUT2D eigenvalue weighted by molar-refractivity contribution is 7.91. The molecule has 1 aromatic carbocycles. The van der Waals surface area contributed by atoms with Gasteiger partial charge >= 0.3 is 0 Å². The standard InChI is InChI=1S/C14H19F2NOS/c1-9(2)13-11(15)6-10(7-12(13)16)8-17-19(18)14(3,4)5/h6-9H,1-5H3. The van der Waals surface area contributed by atoms with Crippen LogP contribution in [-0.2, 0) is 11.4 Å². The zero-order chi connectivity index (χ0) is 14.8. The smallest absolute Gasteiger partial charge is 0.144 e. The molecule has 19 heavy (non-hydrogen) atoms. The van der Waals surface area contributed by atoms with Crippen molar-refractivity contribution in [2.75, 3.05) is 0 Å². The van der Waals surface area contributed by atoms with E-state index in [0.29, 0.717) is 0 Å². The molecule has 0 radical (unpaired) electrons. The van der Waals surface area contributed by atoms with Crippen LogP contribution in [-0.4, -0.2) is 15.5 Å². The summed E-state index contributed by atoms with van der Waals surface area (Å²) in [5.41, 5.74) is 0.339. The van der Waals surface area contributed by atoms with E-state index in [4.69, 9.17) is 0 Å². The molecule has 0 aliphatic rings. The lowest BCUT2D eigenvalue weighted by Gasteiger charge is -2.17. The molecule has 0 saturated heterocycles. The summed E-state index contributed by atoms with van der Waals surface area (Å²) in [6.07, 6.45) is 1.25. The Bertz CT molecular complexity index is 458. The van der Waals surface area contributed by atoms with Gasteiger partial charge in [0.25, 0.3) is 0 Å². The molecule has 0 fully saturated rings. The predicted molar refractivity (Wildman–Crippen MR) is 75.9 cm³/mol. The van der Waals surface area contributed by atoms with Gasteiger partial charge in [-0.2, -0.15) is 0 Å². The summed E-state index contributed by atoms with van der Waals surface area (Å²) in [5.74, 6) is -1.43. The van der Waals surface area contributed by atoms with Crippen LogP contribution in [0.2, 0.25) is 0 Å². The predicted octanol–water partition coefficient (Wildman–Crippen LogP) is 3.97. The van der Waals surface area contributed by atoms with E-state index < -0.39 is 27.7 Å². The first-order chi connectivity index (χ1) is 8.62. The van der Waals surface area contributed by atoms with Crippen LogP contribution in [0.1, 0.15) is 51.7 Å². The van der Waals surface area contributed by atoms with Crippen molar-refractivity contribution in [3.05, 3.63) is 34.9 Å². The number of rotatable bonds is 3. The lowest BCUT2D eigenvalue weighted by atomic mass is 10.0. The van der Waals surface area contributed by atoms with Crippen LogP contribution < -0.4 is 0 Å². The van der Waals surface area contributed by atoms with Gasteiger partial charge < -0.3 is 4.55 Å². The van der Waals surface area contributed by atoms with Crippen molar-refractivity contribution in [1.29, 1.82) is 0 Å². The van der Waals surface area contributed by atoms with Crippen LogP contribution in [0, 0.1) is 11.6 Å². The van der Waals surface area contributed by atoms with E-state index in [1.54, 1.807) is 34.6 Å². The Morgan fingerprint density at radius 2 is 1.68 bits per heavy atom. The quantitative estimate of drug-likeness (QED) is 0.612. The molecule has 0 aliphatic carbocycles. The fraction of sp³-hybridized carbons (Fsp3) is 0.500. The molecule has 0 aliphatic heterocycles.